The van der Waals surface area contributed by atoms with Crippen LogP contribution in [0.4, 0.5) is 11.4 Å². The molecule has 0 saturated carbocycles. The van der Waals surface area contributed by atoms with Gasteiger partial charge in [0.1, 0.15) is 5.75 Å². The lowest BCUT2D eigenvalue weighted by Gasteiger charge is -2.37. The Morgan fingerprint density at radius 1 is 1.07 bits per heavy atom. The zero-order valence-electron chi connectivity index (χ0n) is 17.1. The molecule has 7 nitrogen and oxygen atoms in total. The molecule has 1 heterocycles. The second kappa shape index (κ2) is 9.82. The molecule has 0 aromatic heterocycles. The molecule has 3 rings (SSSR count). The molecule has 154 valence electrons. The van der Waals surface area contributed by atoms with Gasteiger partial charge in [-0.3, -0.25) is 9.79 Å². The molecule has 1 amide bonds. The highest BCUT2D eigenvalue weighted by atomic mass is 16.3. The van der Waals surface area contributed by atoms with Crippen LogP contribution in [0.15, 0.2) is 53.5 Å². The molecule has 29 heavy (non-hydrogen) atoms. The van der Waals surface area contributed by atoms with Crippen molar-refractivity contribution in [1.82, 2.24) is 10.2 Å². The van der Waals surface area contributed by atoms with E-state index in [-0.39, 0.29) is 5.91 Å². The molecule has 2 aromatic rings. The molecule has 7 heteroatoms. The SMILES string of the molecule is CN=C(NCCc1ccc(NC(C)=O)cc1)N1CCN(c2ccccc2O)CC1. The van der Waals surface area contributed by atoms with E-state index in [1.54, 1.807) is 13.1 Å². The van der Waals surface area contributed by atoms with Gasteiger partial charge in [0.05, 0.1) is 5.69 Å². The van der Waals surface area contributed by atoms with E-state index in [2.05, 4.69) is 25.4 Å². The van der Waals surface area contributed by atoms with Crippen LogP contribution < -0.4 is 15.5 Å². The van der Waals surface area contributed by atoms with Crippen molar-refractivity contribution in [3.8, 4) is 5.75 Å². The summed E-state index contributed by atoms with van der Waals surface area (Å²) in [6.45, 7) is 5.66. The van der Waals surface area contributed by atoms with Crippen LogP contribution in [0.25, 0.3) is 0 Å². The number of hydrogen-bond donors (Lipinski definition) is 3. The quantitative estimate of drug-likeness (QED) is 0.535. The van der Waals surface area contributed by atoms with Gasteiger partial charge in [-0.25, -0.2) is 0 Å². The van der Waals surface area contributed by atoms with Crippen molar-refractivity contribution < 1.29 is 9.90 Å². The number of rotatable bonds is 5. The highest BCUT2D eigenvalue weighted by molar-refractivity contribution is 5.88. The van der Waals surface area contributed by atoms with Crippen LogP contribution >= 0.6 is 0 Å². The summed E-state index contributed by atoms with van der Waals surface area (Å²) in [7, 11) is 1.81. The zero-order chi connectivity index (χ0) is 20.6. The van der Waals surface area contributed by atoms with Crippen LogP contribution in [0.3, 0.4) is 0 Å². The standard InChI is InChI=1S/C22H29N5O2/c1-17(28)25-19-9-7-18(8-10-19)11-12-24-22(23-2)27-15-13-26(14-16-27)20-5-3-4-6-21(20)29/h3-10,29H,11-16H2,1-2H3,(H,23,24)(H,25,28). The van der Waals surface area contributed by atoms with E-state index < -0.39 is 0 Å². The lowest BCUT2D eigenvalue weighted by atomic mass is 10.1. The minimum absolute atomic E-state index is 0.0641. The highest BCUT2D eigenvalue weighted by Gasteiger charge is 2.21. The fraction of sp³-hybridized carbons (Fsp3) is 0.364. The molecule has 1 saturated heterocycles. The van der Waals surface area contributed by atoms with Crippen LogP contribution in [0.1, 0.15) is 12.5 Å². The number of hydrogen-bond acceptors (Lipinski definition) is 4. The Bertz CT molecular complexity index is 843. The van der Waals surface area contributed by atoms with Gasteiger partial charge in [-0.2, -0.15) is 0 Å². The first kappa shape index (κ1) is 20.5. The van der Waals surface area contributed by atoms with Crippen LogP contribution in [0, 0.1) is 0 Å². The maximum atomic E-state index is 11.1. The third-order valence-electron chi connectivity index (χ3n) is 4.98. The summed E-state index contributed by atoms with van der Waals surface area (Å²) < 4.78 is 0. The predicted octanol–water partition coefficient (Wildman–Crippen LogP) is 2.29. The number of guanidine groups is 1. The van der Waals surface area contributed by atoms with Gasteiger partial charge in [-0.1, -0.05) is 24.3 Å². The molecule has 2 aromatic carbocycles. The molecule has 1 aliphatic rings. The lowest BCUT2D eigenvalue weighted by Crippen LogP contribution is -2.52. The number of carbonyl (C=O) groups excluding carboxylic acids is 1. The maximum absolute atomic E-state index is 11.1. The Morgan fingerprint density at radius 3 is 2.38 bits per heavy atom. The normalized spacial score (nSPS) is 14.6. The van der Waals surface area contributed by atoms with E-state index in [4.69, 9.17) is 0 Å². The van der Waals surface area contributed by atoms with Crippen LogP contribution in [-0.4, -0.2) is 61.6 Å². The molecule has 1 aliphatic heterocycles. The predicted molar refractivity (Wildman–Crippen MR) is 118 cm³/mol. The van der Waals surface area contributed by atoms with Crippen molar-refractivity contribution in [3.63, 3.8) is 0 Å². The molecule has 0 aliphatic carbocycles. The first-order valence-electron chi connectivity index (χ1n) is 9.92. The van der Waals surface area contributed by atoms with Crippen LogP contribution in [0.5, 0.6) is 5.75 Å². The third kappa shape index (κ3) is 5.63. The first-order valence-corrected chi connectivity index (χ1v) is 9.92. The minimum atomic E-state index is -0.0641. The number of carbonyl (C=O) groups is 1. The number of phenolic OH excluding ortho intramolecular Hbond substituents is 1. The van der Waals surface area contributed by atoms with Gasteiger partial charge in [-0.15, -0.1) is 0 Å². The second-order valence-corrected chi connectivity index (χ2v) is 7.06. The van der Waals surface area contributed by atoms with Crippen molar-refractivity contribution in [3.05, 3.63) is 54.1 Å². The molecule has 1 fully saturated rings. The molecule has 0 bridgehead atoms. The second-order valence-electron chi connectivity index (χ2n) is 7.06. The monoisotopic (exact) mass is 395 g/mol. The average Bonchev–Trinajstić information content (AvgIpc) is 2.73. The molecule has 0 radical (unpaired) electrons. The highest BCUT2D eigenvalue weighted by Crippen LogP contribution is 2.27. The summed E-state index contributed by atoms with van der Waals surface area (Å²) >= 11 is 0. The van der Waals surface area contributed by atoms with Gasteiger partial charge in [0.2, 0.25) is 5.91 Å². The average molecular weight is 396 g/mol. The van der Waals surface area contributed by atoms with E-state index in [1.807, 2.05) is 42.5 Å². The van der Waals surface area contributed by atoms with Gasteiger partial charge >= 0.3 is 0 Å². The Labute approximate surface area is 172 Å². The van der Waals surface area contributed by atoms with Gasteiger partial charge in [0.15, 0.2) is 5.96 Å². The number of piperazine rings is 1. The first-order chi connectivity index (χ1) is 14.1. The van der Waals surface area contributed by atoms with Gasteiger partial charge in [0.25, 0.3) is 0 Å². The molecule has 0 spiro atoms. The number of para-hydroxylation sites is 2. The number of anilines is 2. The summed E-state index contributed by atoms with van der Waals surface area (Å²) in [5, 5.41) is 16.3. The lowest BCUT2D eigenvalue weighted by molar-refractivity contribution is -0.114. The van der Waals surface area contributed by atoms with Crippen molar-refractivity contribution in [2.24, 2.45) is 4.99 Å². The summed E-state index contributed by atoms with van der Waals surface area (Å²) in [5.41, 5.74) is 2.90. The number of aliphatic imine (C=N–C) groups is 1. The molecule has 0 atom stereocenters. The number of amides is 1. The summed E-state index contributed by atoms with van der Waals surface area (Å²) in [4.78, 5) is 20.0. The van der Waals surface area contributed by atoms with E-state index in [9.17, 15) is 9.90 Å². The van der Waals surface area contributed by atoms with E-state index in [0.29, 0.717) is 5.75 Å². The molecular weight excluding hydrogens is 366 g/mol. The van der Waals surface area contributed by atoms with Crippen LogP contribution in [-0.2, 0) is 11.2 Å². The fourth-order valence-electron chi connectivity index (χ4n) is 3.50. The van der Waals surface area contributed by atoms with Gasteiger partial charge in [0, 0.05) is 52.4 Å². The summed E-state index contributed by atoms with van der Waals surface area (Å²) in [6.07, 6.45) is 0.872. The summed E-state index contributed by atoms with van der Waals surface area (Å²) in [5.74, 6) is 1.16. The van der Waals surface area contributed by atoms with E-state index >= 15 is 0 Å². The van der Waals surface area contributed by atoms with E-state index in [0.717, 1.165) is 56.5 Å². The van der Waals surface area contributed by atoms with Crippen molar-refractivity contribution in [2.75, 3.05) is 50.0 Å². The fourth-order valence-corrected chi connectivity index (χ4v) is 3.50. The Balaban J connectivity index is 1.46. The van der Waals surface area contributed by atoms with Crippen molar-refractivity contribution >= 4 is 23.2 Å². The third-order valence-corrected chi connectivity index (χ3v) is 4.98. The molecule has 0 unspecified atom stereocenters. The van der Waals surface area contributed by atoms with Crippen molar-refractivity contribution in [2.45, 2.75) is 13.3 Å². The topological polar surface area (TPSA) is 80.2 Å². The largest absolute Gasteiger partial charge is 0.506 e. The number of aromatic hydroxyl groups is 1. The Kier molecular flexibility index (Phi) is 6.94. The van der Waals surface area contributed by atoms with Crippen molar-refractivity contribution in [1.29, 1.82) is 0 Å². The molecule has 3 N–H and O–H groups in total. The van der Waals surface area contributed by atoms with Gasteiger partial charge < -0.3 is 25.5 Å². The number of phenols is 1. The van der Waals surface area contributed by atoms with Crippen LogP contribution in [0.2, 0.25) is 0 Å². The molecular formula is C22H29N5O2. The number of benzene rings is 2. The Morgan fingerprint density at radius 2 is 1.76 bits per heavy atom. The zero-order valence-corrected chi connectivity index (χ0v) is 17.1. The smallest absolute Gasteiger partial charge is 0.221 e. The minimum Gasteiger partial charge on any atom is -0.506 e. The van der Waals surface area contributed by atoms with E-state index in [1.165, 1.54) is 12.5 Å². The summed E-state index contributed by atoms with van der Waals surface area (Å²) in [6, 6.07) is 15.4. The Hall–Kier alpha value is -3.22. The van der Waals surface area contributed by atoms with Gasteiger partial charge in [-0.05, 0) is 36.2 Å². The number of nitrogens with zero attached hydrogens (tertiary/aromatic N) is 3. The number of nitrogens with one attached hydrogen (secondary N) is 2. The maximum Gasteiger partial charge on any atom is 0.221 e.